The maximum atomic E-state index is 12.3. The molecule has 0 aromatic heterocycles. The summed E-state index contributed by atoms with van der Waals surface area (Å²) in [6.45, 7) is 3.32. The van der Waals surface area contributed by atoms with Crippen LogP contribution in [0.15, 0.2) is 76.6 Å². The number of aliphatic hydroxyl groups is 1. The van der Waals surface area contributed by atoms with Gasteiger partial charge in [-0.1, -0.05) is 62.6 Å². The molecule has 2 aliphatic heterocycles. The van der Waals surface area contributed by atoms with Gasteiger partial charge < -0.3 is 14.9 Å². The summed E-state index contributed by atoms with van der Waals surface area (Å²) in [6, 6.07) is 15.7. The molecular formula is C31H39N2O4+. The first kappa shape index (κ1) is 26.8. The lowest BCUT2D eigenvalue weighted by atomic mass is 10.0. The summed E-state index contributed by atoms with van der Waals surface area (Å²) in [5.41, 5.74) is 5.85. The quantitative estimate of drug-likeness (QED) is 0.316. The molecular weight excluding hydrogens is 464 g/mol. The average molecular weight is 504 g/mol. The van der Waals surface area contributed by atoms with E-state index in [1.807, 2.05) is 24.4 Å². The van der Waals surface area contributed by atoms with Crippen molar-refractivity contribution in [3.63, 3.8) is 0 Å². The number of fused-ring (bicyclic) bond motifs is 1. The van der Waals surface area contributed by atoms with Gasteiger partial charge in [-0.25, -0.2) is 0 Å². The van der Waals surface area contributed by atoms with Crippen LogP contribution in [-0.2, 0) is 17.6 Å². The van der Waals surface area contributed by atoms with E-state index in [9.17, 15) is 15.0 Å². The highest BCUT2D eigenvalue weighted by Gasteiger charge is 2.29. The van der Waals surface area contributed by atoms with Crippen molar-refractivity contribution in [2.45, 2.75) is 70.8 Å². The molecule has 2 aliphatic rings. The zero-order chi connectivity index (χ0) is 26.0. The van der Waals surface area contributed by atoms with Crippen molar-refractivity contribution in [1.29, 1.82) is 0 Å². The van der Waals surface area contributed by atoms with Crippen LogP contribution in [0.5, 0.6) is 11.5 Å². The molecule has 0 aliphatic carbocycles. The molecule has 6 heteroatoms. The Labute approximate surface area is 220 Å². The van der Waals surface area contributed by atoms with Gasteiger partial charge in [0.2, 0.25) is 6.73 Å². The number of nitrogens with zero attached hydrogens (tertiary/aromatic N) is 1. The predicted octanol–water partition coefficient (Wildman–Crippen LogP) is 4.32. The number of aliphatic hydroxyl groups excluding tert-OH is 1. The molecule has 2 aromatic carbocycles. The zero-order valence-electron chi connectivity index (χ0n) is 21.8. The van der Waals surface area contributed by atoms with Gasteiger partial charge in [0.05, 0.1) is 6.10 Å². The fourth-order valence-corrected chi connectivity index (χ4v) is 4.88. The molecule has 0 saturated carbocycles. The first-order chi connectivity index (χ1) is 18.0. The zero-order valence-corrected chi connectivity index (χ0v) is 21.8. The number of Topliss-reactive ketones (excluding diaryl/α,β-unsaturated/α-hetero) is 1. The molecule has 0 saturated heterocycles. The Morgan fingerprint density at radius 3 is 2.73 bits per heavy atom. The fourth-order valence-electron chi connectivity index (χ4n) is 4.88. The van der Waals surface area contributed by atoms with Crippen molar-refractivity contribution in [3.8, 4) is 11.5 Å². The van der Waals surface area contributed by atoms with Crippen LogP contribution >= 0.6 is 0 Å². The Hall–Kier alpha value is -3.22. The molecule has 0 amide bonds. The SMILES string of the molecule is CCCCC[C@@H](O)CC(=O)CCc1ccc(O)c(OC[NH+]2C=C3N=CC(CCc4ccccc4)=C3C2)c1. The van der Waals surface area contributed by atoms with Crippen LogP contribution in [0.25, 0.3) is 0 Å². The number of nitrogens with one attached hydrogen (secondary N) is 1. The van der Waals surface area contributed by atoms with Crippen LogP contribution in [0.3, 0.4) is 0 Å². The van der Waals surface area contributed by atoms with Gasteiger partial charge in [0.15, 0.2) is 11.5 Å². The van der Waals surface area contributed by atoms with Crippen molar-refractivity contribution < 1.29 is 24.6 Å². The minimum atomic E-state index is -0.548. The van der Waals surface area contributed by atoms with E-state index in [1.54, 1.807) is 6.07 Å². The highest BCUT2D eigenvalue weighted by atomic mass is 16.5. The Kier molecular flexibility index (Phi) is 9.69. The second-order valence-electron chi connectivity index (χ2n) is 10.1. The Balaban J connectivity index is 1.25. The van der Waals surface area contributed by atoms with Crippen LogP contribution in [-0.4, -0.2) is 41.6 Å². The predicted molar refractivity (Wildman–Crippen MR) is 146 cm³/mol. The third kappa shape index (κ3) is 7.88. The summed E-state index contributed by atoms with van der Waals surface area (Å²) in [7, 11) is 0. The molecule has 3 N–H and O–H groups in total. The number of ketones is 1. The third-order valence-electron chi connectivity index (χ3n) is 7.06. The number of rotatable bonds is 15. The molecule has 1 unspecified atom stereocenters. The van der Waals surface area contributed by atoms with Crippen molar-refractivity contribution >= 4 is 12.0 Å². The fraction of sp³-hybridized carbons (Fsp3) is 0.419. The number of unbranched alkanes of at least 4 members (excludes halogenated alkanes) is 2. The van der Waals surface area contributed by atoms with Crippen LogP contribution in [0.2, 0.25) is 0 Å². The largest absolute Gasteiger partial charge is 0.504 e. The number of allylic oxidation sites excluding steroid dienone is 1. The minimum absolute atomic E-state index is 0.0658. The second-order valence-corrected chi connectivity index (χ2v) is 10.1. The summed E-state index contributed by atoms with van der Waals surface area (Å²) < 4.78 is 5.99. The van der Waals surface area contributed by atoms with E-state index in [2.05, 4.69) is 42.4 Å². The van der Waals surface area contributed by atoms with Crippen molar-refractivity contribution in [1.82, 2.24) is 0 Å². The summed E-state index contributed by atoms with van der Waals surface area (Å²) >= 11 is 0. The molecule has 0 radical (unpaired) electrons. The highest BCUT2D eigenvalue weighted by Crippen LogP contribution is 2.28. The maximum Gasteiger partial charge on any atom is 0.227 e. The molecule has 37 heavy (non-hydrogen) atoms. The van der Waals surface area contributed by atoms with E-state index in [4.69, 9.17) is 4.74 Å². The van der Waals surface area contributed by atoms with Gasteiger partial charge in [0, 0.05) is 24.6 Å². The standard InChI is InChI=1S/C31H38N2O4/c1-2-3-5-10-26(34)18-27(35)15-12-24-13-16-30(36)31(17-24)37-22-33-20-28-25(19-32-29(28)21-33)14-11-23-8-6-4-7-9-23/h4,6-9,13,16-17,19,21,26,34,36H,2-3,5,10-12,14-15,18,20,22H2,1H3/p+1/t26-/m1/s1. The van der Waals surface area contributed by atoms with Crippen LogP contribution < -0.4 is 9.64 Å². The number of phenols is 1. The van der Waals surface area contributed by atoms with Crippen LogP contribution in [0.4, 0.5) is 0 Å². The average Bonchev–Trinajstić information content (AvgIpc) is 3.47. The smallest absolute Gasteiger partial charge is 0.227 e. The number of aliphatic imine (C=N–C) groups is 1. The summed E-state index contributed by atoms with van der Waals surface area (Å²) in [5.74, 6) is 0.582. The molecule has 2 atom stereocenters. The van der Waals surface area contributed by atoms with E-state index in [-0.39, 0.29) is 18.0 Å². The van der Waals surface area contributed by atoms with Crippen molar-refractivity contribution in [2.75, 3.05) is 13.3 Å². The number of aryl methyl sites for hydroxylation is 2. The first-order valence-corrected chi connectivity index (χ1v) is 13.5. The third-order valence-corrected chi connectivity index (χ3v) is 7.06. The normalized spacial score (nSPS) is 17.1. The minimum Gasteiger partial charge on any atom is -0.504 e. The van der Waals surface area contributed by atoms with E-state index < -0.39 is 6.10 Å². The van der Waals surface area contributed by atoms with Gasteiger partial charge in [0.25, 0.3) is 0 Å². The summed E-state index contributed by atoms with van der Waals surface area (Å²) in [4.78, 5) is 18.0. The maximum absolute atomic E-state index is 12.3. The molecule has 6 nitrogen and oxygen atoms in total. The number of benzene rings is 2. The van der Waals surface area contributed by atoms with Crippen LogP contribution in [0.1, 0.15) is 63.0 Å². The number of quaternary nitrogens is 1. The molecule has 2 aromatic rings. The van der Waals surface area contributed by atoms with Gasteiger partial charge in [-0.05, 0) is 54.5 Å². The van der Waals surface area contributed by atoms with Gasteiger partial charge >= 0.3 is 0 Å². The van der Waals surface area contributed by atoms with Gasteiger partial charge in [-0.2, -0.15) is 0 Å². The van der Waals surface area contributed by atoms with E-state index in [1.165, 1.54) is 16.7 Å². The van der Waals surface area contributed by atoms with Crippen molar-refractivity contribution in [2.24, 2.45) is 4.99 Å². The number of carbonyl (C=O) groups is 1. The molecule has 0 fully saturated rings. The lowest BCUT2D eigenvalue weighted by Gasteiger charge is -2.14. The van der Waals surface area contributed by atoms with Crippen molar-refractivity contribution in [3.05, 3.63) is 82.7 Å². The number of ether oxygens (including phenoxy) is 1. The Bertz CT molecular complexity index is 1150. The first-order valence-electron chi connectivity index (χ1n) is 13.5. The molecule has 196 valence electrons. The van der Waals surface area contributed by atoms with Gasteiger partial charge in [-0.15, -0.1) is 0 Å². The van der Waals surface area contributed by atoms with E-state index >= 15 is 0 Å². The lowest BCUT2D eigenvalue weighted by molar-refractivity contribution is -0.855. The second kappa shape index (κ2) is 13.4. The topological polar surface area (TPSA) is 83.6 Å². The van der Waals surface area contributed by atoms with Gasteiger partial charge in [0.1, 0.15) is 24.2 Å². The van der Waals surface area contributed by atoms with E-state index in [0.29, 0.717) is 31.7 Å². The van der Waals surface area contributed by atoms with Crippen LogP contribution in [0, 0.1) is 0 Å². The molecule has 4 rings (SSSR count). The molecule has 0 bridgehead atoms. The number of hydrogen-bond donors (Lipinski definition) is 3. The molecule has 0 spiro atoms. The summed E-state index contributed by atoms with van der Waals surface area (Å²) in [6.07, 6.45) is 10.5. The Morgan fingerprint density at radius 2 is 1.92 bits per heavy atom. The van der Waals surface area contributed by atoms with Gasteiger partial charge in [-0.3, -0.25) is 14.7 Å². The monoisotopic (exact) mass is 503 g/mol. The highest BCUT2D eigenvalue weighted by molar-refractivity contribution is 5.86. The summed E-state index contributed by atoms with van der Waals surface area (Å²) in [5, 5.41) is 20.4. The Morgan fingerprint density at radius 1 is 1.08 bits per heavy atom. The number of hydrogen-bond acceptors (Lipinski definition) is 5. The number of aromatic hydroxyl groups is 1. The molecule has 2 heterocycles. The lowest BCUT2D eigenvalue weighted by Crippen LogP contribution is -3.07. The number of carbonyl (C=O) groups excluding carboxylic acids is 1. The number of phenolic OH excluding ortho intramolecular Hbond substituents is 1. The van der Waals surface area contributed by atoms with E-state index in [0.717, 1.165) is 54.8 Å².